The molecule has 0 radical (unpaired) electrons. The highest BCUT2D eigenvalue weighted by molar-refractivity contribution is 6.37. The topological polar surface area (TPSA) is 9.23 Å². The molecular weight excluding hydrogens is 373 g/mol. The molecule has 0 fully saturated rings. The molecule has 0 aromatic heterocycles. The largest absolute Gasteiger partial charge is 0.492 e. The summed E-state index contributed by atoms with van der Waals surface area (Å²) in [7, 11) is 0. The molecule has 2 rings (SSSR count). The smallest absolute Gasteiger partial charge is 0.139 e. The third-order valence-electron chi connectivity index (χ3n) is 2.86. The van der Waals surface area contributed by atoms with Gasteiger partial charge in [-0.1, -0.05) is 46.4 Å². The van der Waals surface area contributed by atoms with Crippen LogP contribution in [0.4, 0.5) is 0 Å². The van der Waals surface area contributed by atoms with Crippen LogP contribution < -0.4 is 4.74 Å². The Morgan fingerprint density at radius 3 is 2.24 bits per heavy atom. The highest BCUT2D eigenvalue weighted by Gasteiger charge is 2.20. The number of benzene rings is 2. The molecule has 21 heavy (non-hydrogen) atoms. The van der Waals surface area contributed by atoms with E-state index in [2.05, 4.69) is 0 Å². The van der Waals surface area contributed by atoms with Crippen molar-refractivity contribution in [3.63, 3.8) is 0 Å². The van der Waals surface area contributed by atoms with Gasteiger partial charge in [0.05, 0.1) is 17.0 Å². The average Bonchev–Trinajstić information content (AvgIpc) is 2.44. The Morgan fingerprint density at radius 2 is 1.57 bits per heavy atom. The minimum atomic E-state index is -0.558. The molecular formula is C15H11Cl5O. The van der Waals surface area contributed by atoms with Gasteiger partial charge in [-0.3, -0.25) is 0 Å². The van der Waals surface area contributed by atoms with E-state index in [0.717, 1.165) is 0 Å². The van der Waals surface area contributed by atoms with Crippen LogP contribution in [0.2, 0.25) is 20.1 Å². The zero-order valence-electron chi connectivity index (χ0n) is 11.0. The van der Waals surface area contributed by atoms with E-state index >= 15 is 0 Å². The molecule has 112 valence electrons. The van der Waals surface area contributed by atoms with Gasteiger partial charge in [0.2, 0.25) is 0 Å². The summed E-state index contributed by atoms with van der Waals surface area (Å²) in [6, 6.07) is 8.44. The van der Waals surface area contributed by atoms with E-state index in [4.69, 9.17) is 62.7 Å². The third kappa shape index (κ3) is 3.91. The van der Waals surface area contributed by atoms with Crippen molar-refractivity contribution >= 4 is 58.0 Å². The summed E-state index contributed by atoms with van der Waals surface area (Å²) in [5, 5.41) is 1.41. The molecule has 0 saturated heterocycles. The molecule has 0 aliphatic heterocycles. The van der Waals surface area contributed by atoms with E-state index in [-0.39, 0.29) is 0 Å². The molecule has 0 heterocycles. The Morgan fingerprint density at radius 1 is 0.905 bits per heavy atom. The van der Waals surface area contributed by atoms with Gasteiger partial charge in [-0.25, -0.2) is 0 Å². The van der Waals surface area contributed by atoms with E-state index < -0.39 is 5.38 Å². The fourth-order valence-electron chi connectivity index (χ4n) is 1.88. The van der Waals surface area contributed by atoms with E-state index in [9.17, 15) is 0 Å². The predicted octanol–water partition coefficient (Wildman–Crippen LogP) is 7.03. The second kappa shape index (κ2) is 7.30. The number of ether oxygens (including phenoxy) is 1. The van der Waals surface area contributed by atoms with Crippen LogP contribution in [0.1, 0.15) is 23.4 Å². The van der Waals surface area contributed by atoms with Crippen LogP contribution in [0.5, 0.6) is 5.75 Å². The van der Waals surface area contributed by atoms with Gasteiger partial charge in [0.25, 0.3) is 0 Å². The van der Waals surface area contributed by atoms with Crippen LogP contribution in [0, 0.1) is 0 Å². The first-order chi connectivity index (χ1) is 9.93. The Labute approximate surface area is 148 Å². The van der Waals surface area contributed by atoms with E-state index in [1.807, 2.05) is 6.92 Å². The summed E-state index contributed by atoms with van der Waals surface area (Å²) in [4.78, 5) is 0. The second-order valence-corrected chi connectivity index (χ2v) is 6.36. The Hall–Kier alpha value is -0.310. The van der Waals surface area contributed by atoms with Crippen LogP contribution in [-0.2, 0) is 0 Å². The number of halogens is 5. The van der Waals surface area contributed by atoms with Gasteiger partial charge >= 0.3 is 0 Å². The van der Waals surface area contributed by atoms with Gasteiger partial charge in [0.15, 0.2) is 0 Å². The fourth-order valence-corrected chi connectivity index (χ4v) is 3.25. The molecule has 0 aliphatic carbocycles. The van der Waals surface area contributed by atoms with Crippen molar-refractivity contribution in [3.05, 3.63) is 61.5 Å². The first kappa shape index (κ1) is 17.1. The van der Waals surface area contributed by atoms with Gasteiger partial charge < -0.3 is 4.74 Å². The summed E-state index contributed by atoms with van der Waals surface area (Å²) in [6.07, 6.45) is 0. The molecule has 2 aromatic carbocycles. The predicted molar refractivity (Wildman–Crippen MR) is 91.8 cm³/mol. The van der Waals surface area contributed by atoms with Crippen molar-refractivity contribution in [1.82, 2.24) is 0 Å². The lowest BCUT2D eigenvalue weighted by atomic mass is 10.0. The maximum absolute atomic E-state index is 6.49. The molecule has 0 aliphatic rings. The van der Waals surface area contributed by atoms with Crippen molar-refractivity contribution in [2.24, 2.45) is 0 Å². The SMILES string of the molecule is CCOc1cc(Cl)c(C(Cl)c2cc(Cl)ccc2Cl)cc1Cl. The monoisotopic (exact) mass is 382 g/mol. The normalized spacial score (nSPS) is 12.3. The van der Waals surface area contributed by atoms with Gasteiger partial charge in [0.1, 0.15) is 5.75 Å². The van der Waals surface area contributed by atoms with Crippen molar-refractivity contribution in [3.8, 4) is 5.75 Å². The Bertz CT molecular complexity index is 657. The standard InChI is InChI=1S/C15H11Cl5O/c1-2-21-14-7-12(18)10(6-13(14)19)15(20)9-5-8(16)3-4-11(9)17/h3-7,15H,2H2,1H3. The molecule has 0 bridgehead atoms. The van der Waals surface area contributed by atoms with Crippen LogP contribution in [0.25, 0.3) is 0 Å². The molecule has 1 nitrogen and oxygen atoms in total. The Kier molecular flexibility index (Phi) is 5.93. The minimum absolute atomic E-state index is 0.444. The average molecular weight is 385 g/mol. The third-order valence-corrected chi connectivity index (χ3v) is 4.53. The molecule has 1 atom stereocenters. The van der Waals surface area contributed by atoms with Crippen LogP contribution in [-0.4, -0.2) is 6.61 Å². The lowest BCUT2D eigenvalue weighted by Gasteiger charge is -2.16. The molecule has 2 aromatic rings. The number of hydrogen-bond donors (Lipinski definition) is 0. The first-order valence-electron chi connectivity index (χ1n) is 6.14. The van der Waals surface area contributed by atoms with E-state index in [0.29, 0.717) is 43.6 Å². The zero-order valence-corrected chi connectivity index (χ0v) is 14.7. The number of rotatable bonds is 4. The molecule has 0 saturated carbocycles. The maximum atomic E-state index is 6.49. The lowest BCUT2D eigenvalue weighted by molar-refractivity contribution is 0.340. The quantitative estimate of drug-likeness (QED) is 0.514. The van der Waals surface area contributed by atoms with E-state index in [1.54, 1.807) is 30.3 Å². The van der Waals surface area contributed by atoms with Crippen molar-refractivity contribution in [2.45, 2.75) is 12.3 Å². The number of hydrogen-bond acceptors (Lipinski definition) is 1. The molecule has 6 heteroatoms. The zero-order chi connectivity index (χ0) is 15.6. The summed E-state index contributed by atoms with van der Waals surface area (Å²) < 4.78 is 5.39. The van der Waals surface area contributed by atoms with Crippen LogP contribution in [0.15, 0.2) is 30.3 Å². The molecule has 0 N–H and O–H groups in total. The van der Waals surface area contributed by atoms with Gasteiger partial charge in [-0.15, -0.1) is 11.6 Å². The molecule has 0 spiro atoms. The molecule has 1 unspecified atom stereocenters. The Balaban J connectivity index is 2.46. The maximum Gasteiger partial charge on any atom is 0.139 e. The van der Waals surface area contributed by atoms with Crippen molar-refractivity contribution < 1.29 is 4.74 Å². The summed E-state index contributed by atoms with van der Waals surface area (Å²) in [5.41, 5.74) is 1.32. The lowest BCUT2D eigenvalue weighted by Crippen LogP contribution is -1.98. The van der Waals surface area contributed by atoms with Gasteiger partial charge in [-0.05, 0) is 42.3 Å². The molecule has 0 amide bonds. The number of alkyl halides is 1. The van der Waals surface area contributed by atoms with Crippen LogP contribution in [0.3, 0.4) is 0 Å². The minimum Gasteiger partial charge on any atom is -0.492 e. The highest BCUT2D eigenvalue weighted by Crippen LogP contribution is 2.41. The summed E-state index contributed by atoms with van der Waals surface area (Å²) in [5.74, 6) is 0.522. The summed E-state index contributed by atoms with van der Waals surface area (Å²) >= 11 is 31.1. The van der Waals surface area contributed by atoms with Gasteiger partial charge in [0, 0.05) is 21.1 Å². The highest BCUT2D eigenvalue weighted by atomic mass is 35.5. The first-order valence-corrected chi connectivity index (χ1v) is 8.09. The van der Waals surface area contributed by atoms with Crippen molar-refractivity contribution in [1.29, 1.82) is 0 Å². The second-order valence-electron chi connectivity index (χ2n) is 4.27. The van der Waals surface area contributed by atoms with E-state index in [1.165, 1.54) is 0 Å². The van der Waals surface area contributed by atoms with Crippen LogP contribution >= 0.6 is 58.0 Å². The fraction of sp³-hybridized carbons (Fsp3) is 0.200. The van der Waals surface area contributed by atoms with Gasteiger partial charge in [-0.2, -0.15) is 0 Å². The summed E-state index contributed by atoms with van der Waals surface area (Å²) in [6.45, 7) is 2.37. The van der Waals surface area contributed by atoms with Crippen molar-refractivity contribution in [2.75, 3.05) is 6.61 Å².